The summed E-state index contributed by atoms with van der Waals surface area (Å²) in [6.45, 7) is 5.17. The van der Waals surface area contributed by atoms with Crippen molar-refractivity contribution in [1.82, 2.24) is 0 Å². The molecule has 2 nitrogen and oxygen atoms in total. The zero-order valence-electron chi connectivity index (χ0n) is 9.94. The minimum atomic E-state index is 0.903. The number of rotatable bonds is 6. The SMILES string of the molecule is CCCCCN(N=C=S)c1ccc(C)cc1. The molecule has 1 aromatic rings. The summed E-state index contributed by atoms with van der Waals surface area (Å²) in [6.07, 6.45) is 3.56. The second kappa shape index (κ2) is 7.15. The number of anilines is 1. The first-order chi connectivity index (χ1) is 7.77. The Morgan fingerprint density at radius 2 is 1.94 bits per heavy atom. The van der Waals surface area contributed by atoms with E-state index in [1.165, 1.54) is 18.4 Å². The highest BCUT2D eigenvalue weighted by Crippen LogP contribution is 2.16. The number of hydrogen-bond donors (Lipinski definition) is 0. The fourth-order valence-corrected chi connectivity index (χ4v) is 1.61. The fraction of sp³-hybridized carbons (Fsp3) is 0.462. The predicted octanol–water partition coefficient (Wildman–Crippen LogP) is 4.01. The normalized spacial score (nSPS) is 9.62. The van der Waals surface area contributed by atoms with Crippen molar-refractivity contribution >= 4 is 23.1 Å². The fourth-order valence-electron chi connectivity index (χ4n) is 1.51. The van der Waals surface area contributed by atoms with Gasteiger partial charge in [-0.15, -0.1) is 5.10 Å². The van der Waals surface area contributed by atoms with Gasteiger partial charge in [-0.1, -0.05) is 37.5 Å². The molecular weight excluding hydrogens is 216 g/mol. The summed E-state index contributed by atoms with van der Waals surface area (Å²) in [5, 5.41) is 8.45. The smallest absolute Gasteiger partial charge is 0.0850 e. The molecule has 1 aromatic carbocycles. The Morgan fingerprint density at radius 3 is 2.50 bits per heavy atom. The van der Waals surface area contributed by atoms with Gasteiger partial charge in [0.15, 0.2) is 0 Å². The molecule has 0 saturated carbocycles. The molecule has 0 aliphatic rings. The van der Waals surface area contributed by atoms with Crippen molar-refractivity contribution in [3.05, 3.63) is 29.8 Å². The highest BCUT2D eigenvalue weighted by atomic mass is 32.1. The number of nitrogens with zero attached hydrogens (tertiary/aromatic N) is 2. The van der Waals surface area contributed by atoms with Crippen LogP contribution in [-0.2, 0) is 0 Å². The molecule has 0 amide bonds. The lowest BCUT2D eigenvalue weighted by molar-refractivity contribution is 0.690. The van der Waals surface area contributed by atoms with Gasteiger partial charge < -0.3 is 0 Å². The first-order valence-corrected chi connectivity index (χ1v) is 6.10. The van der Waals surface area contributed by atoms with E-state index >= 15 is 0 Å². The van der Waals surface area contributed by atoms with Crippen LogP contribution in [-0.4, -0.2) is 11.7 Å². The van der Waals surface area contributed by atoms with E-state index in [2.05, 4.69) is 60.6 Å². The molecule has 0 spiro atoms. The standard InChI is InChI=1S/C13H18N2S/c1-3-4-5-10-15(14-11-16)13-8-6-12(2)7-9-13/h6-9H,3-5,10H2,1-2H3. The van der Waals surface area contributed by atoms with Crippen LogP contribution in [0, 0.1) is 6.92 Å². The van der Waals surface area contributed by atoms with E-state index in [9.17, 15) is 0 Å². The summed E-state index contributed by atoms with van der Waals surface area (Å²) in [4.78, 5) is 0. The van der Waals surface area contributed by atoms with Crippen molar-refractivity contribution in [1.29, 1.82) is 0 Å². The second-order valence-electron chi connectivity index (χ2n) is 3.86. The summed E-state index contributed by atoms with van der Waals surface area (Å²) in [7, 11) is 0. The van der Waals surface area contributed by atoms with E-state index in [0.717, 1.165) is 18.7 Å². The molecule has 0 saturated heterocycles. The van der Waals surface area contributed by atoms with Crippen molar-refractivity contribution in [2.45, 2.75) is 33.1 Å². The third kappa shape index (κ3) is 4.13. The molecular formula is C13H18N2S. The van der Waals surface area contributed by atoms with Crippen LogP contribution < -0.4 is 5.01 Å². The van der Waals surface area contributed by atoms with Gasteiger partial charge in [0.25, 0.3) is 0 Å². The van der Waals surface area contributed by atoms with E-state index in [0.29, 0.717) is 0 Å². The monoisotopic (exact) mass is 234 g/mol. The van der Waals surface area contributed by atoms with Gasteiger partial charge in [0, 0.05) is 6.54 Å². The van der Waals surface area contributed by atoms with Crippen LogP contribution in [0.5, 0.6) is 0 Å². The Balaban J connectivity index is 2.69. The summed E-state index contributed by atoms with van der Waals surface area (Å²) in [6, 6.07) is 8.30. The highest BCUT2D eigenvalue weighted by Gasteiger charge is 2.03. The van der Waals surface area contributed by atoms with E-state index < -0.39 is 0 Å². The molecule has 0 aliphatic heterocycles. The highest BCUT2D eigenvalue weighted by molar-refractivity contribution is 7.78. The van der Waals surface area contributed by atoms with Crippen LogP contribution >= 0.6 is 12.2 Å². The van der Waals surface area contributed by atoms with Crippen LogP contribution in [0.25, 0.3) is 0 Å². The van der Waals surface area contributed by atoms with Crippen molar-refractivity contribution in [3.63, 3.8) is 0 Å². The van der Waals surface area contributed by atoms with Gasteiger partial charge in [-0.05, 0) is 37.7 Å². The van der Waals surface area contributed by atoms with Gasteiger partial charge in [-0.3, -0.25) is 5.01 Å². The molecule has 3 heteroatoms. The van der Waals surface area contributed by atoms with Gasteiger partial charge in [0.05, 0.1) is 10.8 Å². The molecule has 0 radical (unpaired) electrons. The van der Waals surface area contributed by atoms with Crippen molar-refractivity contribution in [2.75, 3.05) is 11.6 Å². The van der Waals surface area contributed by atoms with Gasteiger partial charge in [0.1, 0.15) is 0 Å². The maximum Gasteiger partial charge on any atom is 0.0850 e. The molecule has 0 unspecified atom stereocenters. The molecule has 1 rings (SSSR count). The third-order valence-electron chi connectivity index (χ3n) is 2.47. The molecule has 0 atom stereocenters. The molecule has 0 aromatic heterocycles. The van der Waals surface area contributed by atoms with Crippen LogP contribution in [0.1, 0.15) is 31.7 Å². The van der Waals surface area contributed by atoms with Gasteiger partial charge >= 0.3 is 0 Å². The van der Waals surface area contributed by atoms with Gasteiger partial charge in [0.2, 0.25) is 0 Å². The number of hydrazone groups is 1. The average Bonchev–Trinajstić information content (AvgIpc) is 2.29. The van der Waals surface area contributed by atoms with Crippen LogP contribution in [0.2, 0.25) is 0 Å². The minimum absolute atomic E-state index is 0.903. The summed E-state index contributed by atoms with van der Waals surface area (Å²) < 4.78 is 0. The maximum atomic E-state index is 4.67. The van der Waals surface area contributed by atoms with E-state index in [4.69, 9.17) is 0 Å². The quantitative estimate of drug-likeness (QED) is 0.320. The third-order valence-corrected chi connectivity index (χ3v) is 2.55. The van der Waals surface area contributed by atoms with Crippen LogP contribution in [0.3, 0.4) is 0 Å². The zero-order valence-corrected chi connectivity index (χ0v) is 10.8. The molecule has 0 N–H and O–H groups in total. The maximum absolute atomic E-state index is 4.67. The topological polar surface area (TPSA) is 15.6 Å². The molecule has 16 heavy (non-hydrogen) atoms. The zero-order chi connectivity index (χ0) is 11.8. The number of thiocarbonyl (C=S) groups is 1. The summed E-state index contributed by atoms with van der Waals surface area (Å²) in [5.41, 5.74) is 2.34. The van der Waals surface area contributed by atoms with E-state index in [-0.39, 0.29) is 0 Å². The van der Waals surface area contributed by atoms with Crippen LogP contribution in [0.4, 0.5) is 5.69 Å². The lowest BCUT2D eigenvalue weighted by Crippen LogP contribution is -2.17. The number of hydrogen-bond acceptors (Lipinski definition) is 3. The minimum Gasteiger partial charge on any atom is -0.257 e. The number of benzene rings is 1. The summed E-state index contributed by atoms with van der Waals surface area (Å²) >= 11 is 4.67. The molecule has 86 valence electrons. The summed E-state index contributed by atoms with van der Waals surface area (Å²) in [5.74, 6) is 0. The Kier molecular flexibility index (Phi) is 5.76. The number of aryl methyl sites for hydroxylation is 1. The average molecular weight is 234 g/mol. The first-order valence-electron chi connectivity index (χ1n) is 5.70. The van der Waals surface area contributed by atoms with Crippen LogP contribution in [0.15, 0.2) is 29.4 Å². The predicted molar refractivity (Wildman–Crippen MR) is 73.1 cm³/mol. The lowest BCUT2D eigenvalue weighted by atomic mass is 10.2. The second-order valence-corrected chi connectivity index (χ2v) is 4.04. The van der Waals surface area contributed by atoms with Crippen molar-refractivity contribution in [2.24, 2.45) is 5.10 Å². The van der Waals surface area contributed by atoms with Crippen molar-refractivity contribution < 1.29 is 0 Å². The first kappa shape index (κ1) is 12.9. The molecule has 0 aliphatic carbocycles. The molecule has 0 heterocycles. The van der Waals surface area contributed by atoms with E-state index in [1.807, 2.05) is 5.01 Å². The Morgan fingerprint density at radius 1 is 1.25 bits per heavy atom. The largest absolute Gasteiger partial charge is 0.257 e. The number of isothiocyanates is 1. The molecule has 0 bridgehead atoms. The van der Waals surface area contributed by atoms with E-state index in [1.54, 1.807) is 0 Å². The van der Waals surface area contributed by atoms with Crippen molar-refractivity contribution in [3.8, 4) is 0 Å². The van der Waals surface area contributed by atoms with Gasteiger partial charge in [-0.2, -0.15) is 0 Å². The lowest BCUT2D eigenvalue weighted by Gasteiger charge is -2.17. The molecule has 0 fully saturated rings. The Bertz CT molecular complexity index is 353. The Labute approximate surface area is 103 Å². The number of unbranched alkanes of at least 4 members (excludes halogenated alkanes) is 2. The van der Waals surface area contributed by atoms with Gasteiger partial charge in [-0.25, -0.2) is 0 Å². The Hall–Kier alpha value is -1.18.